The van der Waals surface area contributed by atoms with Gasteiger partial charge in [-0.25, -0.2) is 4.57 Å². The third-order valence-electron chi connectivity index (χ3n) is 8.89. The lowest BCUT2D eigenvalue weighted by molar-refractivity contribution is 0.223. The van der Waals surface area contributed by atoms with E-state index in [1.165, 1.54) is 32.7 Å². The second kappa shape index (κ2) is 19.9. The van der Waals surface area contributed by atoms with Gasteiger partial charge in [-0.15, -0.1) is 0 Å². The summed E-state index contributed by atoms with van der Waals surface area (Å²) in [5, 5.41) is 5.94. The zero-order chi connectivity index (χ0) is 38.3. The molecule has 6 nitrogen and oxygen atoms in total. The third-order valence-corrected chi connectivity index (χ3v) is 9.30. The smallest absolute Gasteiger partial charge is 0.466 e. The van der Waals surface area contributed by atoms with Gasteiger partial charge in [-0.05, 0) is 74.6 Å². The summed E-state index contributed by atoms with van der Waals surface area (Å²) < 4.78 is 14.8. The highest BCUT2D eigenvalue weighted by atomic mass is 35.5. The summed E-state index contributed by atoms with van der Waals surface area (Å²) in [6.07, 6.45) is 0. The molecule has 0 saturated carbocycles. The summed E-state index contributed by atoms with van der Waals surface area (Å²) in [6, 6.07) is 58.8. The minimum atomic E-state index is -4.64. The first kappa shape index (κ1) is 40.2. The van der Waals surface area contributed by atoms with E-state index in [9.17, 15) is 0 Å². The molecule has 54 heavy (non-hydrogen) atoms. The van der Waals surface area contributed by atoms with Gasteiger partial charge in [-0.1, -0.05) is 183 Å². The molecule has 3 N–H and O–H groups in total. The Kier molecular flexibility index (Phi) is 14.8. The molecule has 0 aliphatic heterocycles. The molecule has 7 rings (SSSR count). The molecule has 0 aliphatic rings. The standard InChI is InChI=1S/C26H28ClNO.C20H14.H3O4P/c1-3-28(4-2)19-20-29-24-17-15-22(16-18-24)25(21-11-7-5-8-12-21)26(27)23-13-9-6-10-14-23;1-3-11-17-15(7-1)9-5-13-19(17)20-14-6-10-16-8-2-4-12-18(16)20;1-5(2,3)4/h5-18H,3-4,19-20H2,1-2H3;1-14H;(H3,1,2,3,4)/b26-25+;;. The molecule has 0 spiro atoms. The van der Waals surface area contributed by atoms with E-state index in [0.29, 0.717) is 6.61 Å². The minimum absolute atomic E-state index is 0.688. The van der Waals surface area contributed by atoms with Crippen LogP contribution in [-0.4, -0.2) is 45.8 Å². The van der Waals surface area contributed by atoms with Gasteiger partial charge in [0.15, 0.2) is 0 Å². The molecule has 0 saturated heterocycles. The molecule has 0 atom stereocenters. The molecule has 0 unspecified atom stereocenters. The number of phosphoric acid groups is 1. The highest BCUT2D eigenvalue weighted by Gasteiger charge is 2.13. The second-order valence-electron chi connectivity index (χ2n) is 12.4. The first-order chi connectivity index (χ1) is 26.2. The van der Waals surface area contributed by atoms with Crippen LogP contribution in [0.25, 0.3) is 43.3 Å². The van der Waals surface area contributed by atoms with Crippen LogP contribution in [0.1, 0.15) is 30.5 Å². The average Bonchev–Trinajstić information content (AvgIpc) is 3.20. The third kappa shape index (κ3) is 11.5. The average molecular weight is 758 g/mol. The van der Waals surface area contributed by atoms with Crippen molar-refractivity contribution < 1.29 is 24.0 Å². The molecule has 0 aliphatic carbocycles. The molecule has 7 aromatic rings. The molecule has 0 amide bonds. The van der Waals surface area contributed by atoms with Gasteiger partial charge < -0.3 is 24.3 Å². The molecule has 7 aromatic carbocycles. The van der Waals surface area contributed by atoms with Crippen molar-refractivity contribution in [2.75, 3.05) is 26.2 Å². The predicted molar refractivity (Wildman–Crippen MR) is 226 cm³/mol. The van der Waals surface area contributed by atoms with Crippen molar-refractivity contribution in [2.24, 2.45) is 0 Å². The summed E-state index contributed by atoms with van der Waals surface area (Å²) in [7, 11) is -4.64. The van der Waals surface area contributed by atoms with Crippen LogP contribution in [0.3, 0.4) is 0 Å². The summed E-state index contributed by atoms with van der Waals surface area (Å²) in [4.78, 5) is 23.9. The van der Waals surface area contributed by atoms with E-state index in [0.717, 1.165) is 52.7 Å². The van der Waals surface area contributed by atoms with Crippen molar-refractivity contribution in [3.63, 3.8) is 0 Å². The molecule has 0 aromatic heterocycles. The van der Waals surface area contributed by atoms with Gasteiger partial charge in [-0.3, -0.25) is 0 Å². The molecule has 276 valence electrons. The fraction of sp³-hybridized carbons (Fsp3) is 0.130. The zero-order valence-corrected chi connectivity index (χ0v) is 32.1. The van der Waals surface area contributed by atoms with Gasteiger partial charge in [-0.2, -0.15) is 0 Å². The Morgan fingerprint density at radius 2 is 0.963 bits per heavy atom. The summed E-state index contributed by atoms with van der Waals surface area (Å²) in [5.41, 5.74) is 6.80. The number of ether oxygens (including phenoxy) is 1. The predicted octanol–water partition coefficient (Wildman–Crippen LogP) is 11.3. The van der Waals surface area contributed by atoms with E-state index in [-0.39, 0.29) is 0 Å². The zero-order valence-electron chi connectivity index (χ0n) is 30.4. The Morgan fingerprint density at radius 3 is 1.44 bits per heavy atom. The molecule has 0 radical (unpaired) electrons. The van der Waals surface area contributed by atoms with Crippen LogP contribution in [0, 0.1) is 0 Å². The maximum Gasteiger partial charge on any atom is 0.466 e. The first-order valence-corrected chi connectivity index (χ1v) is 19.8. The summed E-state index contributed by atoms with van der Waals surface area (Å²) >= 11 is 6.87. The Bertz CT molecular complexity index is 2210. The quantitative estimate of drug-likeness (QED) is 0.0951. The van der Waals surface area contributed by atoms with Gasteiger partial charge in [0.1, 0.15) is 12.4 Å². The highest BCUT2D eigenvalue weighted by molar-refractivity contribution is 7.45. The number of rotatable bonds is 10. The van der Waals surface area contributed by atoms with Crippen molar-refractivity contribution in [3.05, 3.63) is 187 Å². The van der Waals surface area contributed by atoms with E-state index in [4.69, 9.17) is 35.6 Å². The number of benzene rings is 7. The van der Waals surface area contributed by atoms with Gasteiger partial charge in [0.05, 0.1) is 5.03 Å². The number of fused-ring (bicyclic) bond motifs is 2. The Balaban J connectivity index is 0.000000193. The number of hydrogen-bond donors (Lipinski definition) is 3. The van der Waals surface area contributed by atoms with Crippen molar-refractivity contribution in [1.82, 2.24) is 4.90 Å². The van der Waals surface area contributed by atoms with Crippen LogP contribution in [0.15, 0.2) is 170 Å². The van der Waals surface area contributed by atoms with Gasteiger partial charge in [0.2, 0.25) is 0 Å². The largest absolute Gasteiger partial charge is 0.492 e. The van der Waals surface area contributed by atoms with Gasteiger partial charge in [0, 0.05) is 12.1 Å². The normalized spacial score (nSPS) is 11.6. The van der Waals surface area contributed by atoms with Crippen LogP contribution in [-0.2, 0) is 4.57 Å². The van der Waals surface area contributed by atoms with E-state index in [1.807, 2.05) is 60.7 Å². The molecular weight excluding hydrogens is 713 g/mol. The van der Waals surface area contributed by atoms with Crippen molar-refractivity contribution in [2.45, 2.75) is 13.8 Å². The fourth-order valence-electron chi connectivity index (χ4n) is 6.22. The van der Waals surface area contributed by atoms with E-state index in [2.05, 4.69) is 128 Å². The number of likely N-dealkylation sites (N-methyl/N-ethyl adjacent to an activating group) is 1. The lowest BCUT2D eigenvalue weighted by Crippen LogP contribution is -2.27. The Hall–Kier alpha value is -5.04. The van der Waals surface area contributed by atoms with Crippen molar-refractivity contribution >= 4 is 51.6 Å². The van der Waals surface area contributed by atoms with Crippen LogP contribution >= 0.6 is 19.4 Å². The Labute approximate surface area is 322 Å². The van der Waals surface area contributed by atoms with Crippen LogP contribution in [0.5, 0.6) is 5.75 Å². The number of nitrogens with zero attached hydrogens (tertiary/aromatic N) is 1. The molecule has 8 heteroatoms. The summed E-state index contributed by atoms with van der Waals surface area (Å²) in [5.74, 6) is 0.879. The van der Waals surface area contributed by atoms with E-state index in [1.54, 1.807) is 0 Å². The SMILES string of the molecule is CCN(CC)CCOc1ccc(/C(=C(/Cl)c2ccccc2)c2ccccc2)cc1.O=P(O)(O)O.c1ccc2c(-c3cccc4ccccc34)cccc2c1. The lowest BCUT2D eigenvalue weighted by atomic mass is 9.94. The van der Waals surface area contributed by atoms with Crippen molar-refractivity contribution in [1.29, 1.82) is 0 Å². The first-order valence-electron chi connectivity index (χ1n) is 17.9. The van der Waals surface area contributed by atoms with Gasteiger partial charge >= 0.3 is 7.82 Å². The maximum absolute atomic E-state index is 8.88. The second-order valence-corrected chi connectivity index (χ2v) is 13.8. The highest BCUT2D eigenvalue weighted by Crippen LogP contribution is 2.36. The minimum Gasteiger partial charge on any atom is -0.492 e. The molecule has 0 heterocycles. The van der Waals surface area contributed by atoms with E-state index < -0.39 is 7.82 Å². The van der Waals surface area contributed by atoms with Crippen molar-refractivity contribution in [3.8, 4) is 16.9 Å². The van der Waals surface area contributed by atoms with Crippen LogP contribution in [0.2, 0.25) is 0 Å². The molecular formula is C46H45ClNO5P. The van der Waals surface area contributed by atoms with Gasteiger partial charge in [0.25, 0.3) is 0 Å². The Morgan fingerprint density at radius 1 is 0.556 bits per heavy atom. The maximum atomic E-state index is 8.88. The monoisotopic (exact) mass is 757 g/mol. The van der Waals surface area contributed by atoms with Crippen LogP contribution in [0.4, 0.5) is 0 Å². The van der Waals surface area contributed by atoms with Crippen LogP contribution < -0.4 is 4.74 Å². The fourth-order valence-corrected chi connectivity index (χ4v) is 6.57. The van der Waals surface area contributed by atoms with E-state index >= 15 is 0 Å². The topological polar surface area (TPSA) is 90.2 Å². The molecule has 0 bridgehead atoms. The number of hydrogen-bond acceptors (Lipinski definition) is 3. The molecule has 0 fully saturated rings. The lowest BCUT2D eigenvalue weighted by Gasteiger charge is -2.18. The summed E-state index contributed by atoms with van der Waals surface area (Å²) in [6.45, 7) is 8.05. The number of halogens is 1.